The number of anilines is 1. The number of pyridine rings is 1. The van der Waals surface area contributed by atoms with E-state index in [1.165, 1.54) is 0 Å². The number of aliphatic hydroxyl groups is 1. The Morgan fingerprint density at radius 3 is 2.68 bits per heavy atom. The molecule has 1 unspecified atom stereocenters. The van der Waals surface area contributed by atoms with Crippen molar-refractivity contribution >= 4 is 27.4 Å². The molecular weight excluding hydrogens is 368 g/mol. The van der Waals surface area contributed by atoms with Crippen LogP contribution in [0.2, 0.25) is 0 Å². The quantitative estimate of drug-likeness (QED) is 0.564. The smallest absolute Gasteiger partial charge is 0.181 e. The van der Waals surface area contributed by atoms with Crippen molar-refractivity contribution in [3.63, 3.8) is 0 Å². The van der Waals surface area contributed by atoms with Gasteiger partial charge in [-0.2, -0.15) is 0 Å². The molecule has 1 saturated heterocycles. The van der Waals surface area contributed by atoms with Crippen LogP contribution in [0.1, 0.15) is 12.8 Å². The minimum absolute atomic E-state index is 0.323. The second-order valence-corrected chi connectivity index (χ2v) is 7.88. The van der Waals surface area contributed by atoms with Gasteiger partial charge in [-0.25, -0.2) is 9.97 Å². The number of hydrogen-bond donors (Lipinski definition) is 1. The summed E-state index contributed by atoms with van der Waals surface area (Å²) < 4.78 is 0. The van der Waals surface area contributed by atoms with Gasteiger partial charge in [-0.1, -0.05) is 36.4 Å². The van der Waals surface area contributed by atoms with E-state index >= 15 is 0 Å². The molecule has 1 fully saturated rings. The molecule has 4 aromatic rings. The van der Waals surface area contributed by atoms with Crippen LogP contribution in [0.3, 0.4) is 0 Å². The number of hydrogen-bond acceptors (Lipinski definition) is 6. The van der Waals surface area contributed by atoms with E-state index in [4.69, 9.17) is 9.97 Å². The maximum Gasteiger partial charge on any atom is 0.181 e. The summed E-state index contributed by atoms with van der Waals surface area (Å²) in [5.41, 5.74) is 3.06. The van der Waals surface area contributed by atoms with Gasteiger partial charge in [0.15, 0.2) is 5.82 Å². The molecule has 1 aliphatic rings. The van der Waals surface area contributed by atoms with Crippen LogP contribution in [0, 0.1) is 0 Å². The molecule has 1 aliphatic heterocycles. The fourth-order valence-corrected chi connectivity index (χ4v) is 4.68. The fourth-order valence-electron chi connectivity index (χ4n) is 3.74. The molecule has 4 heterocycles. The number of benzene rings is 1. The summed E-state index contributed by atoms with van der Waals surface area (Å²) in [4.78, 5) is 17.3. The van der Waals surface area contributed by atoms with Crippen LogP contribution in [0.25, 0.3) is 32.9 Å². The standard InChI is InChI=1S/C22H20N4OS/c27-16-9-6-12-26(13-16)21-19-17(15-7-2-1-3-8-15)14-28-22(19)25-20(24-21)18-10-4-5-11-23-18/h1-5,7-8,10-11,14,16,27H,6,9,12-13H2. The molecule has 1 atom stereocenters. The first-order valence-electron chi connectivity index (χ1n) is 9.48. The minimum atomic E-state index is -0.323. The van der Waals surface area contributed by atoms with Crippen molar-refractivity contribution in [3.8, 4) is 22.6 Å². The number of aromatic nitrogens is 3. The third-order valence-electron chi connectivity index (χ3n) is 5.09. The van der Waals surface area contributed by atoms with Crippen LogP contribution >= 0.6 is 11.3 Å². The van der Waals surface area contributed by atoms with Crippen molar-refractivity contribution in [3.05, 3.63) is 60.1 Å². The van der Waals surface area contributed by atoms with Gasteiger partial charge < -0.3 is 10.0 Å². The molecule has 140 valence electrons. The summed E-state index contributed by atoms with van der Waals surface area (Å²) in [6.45, 7) is 1.48. The number of piperidine rings is 1. The zero-order valence-electron chi connectivity index (χ0n) is 15.3. The third-order valence-corrected chi connectivity index (χ3v) is 5.96. The van der Waals surface area contributed by atoms with Crippen molar-refractivity contribution in [2.24, 2.45) is 0 Å². The Bertz CT molecular complexity index is 1100. The predicted octanol–water partition coefficient (Wildman–Crippen LogP) is 4.38. The predicted molar refractivity (Wildman–Crippen MR) is 114 cm³/mol. The zero-order chi connectivity index (χ0) is 18.9. The van der Waals surface area contributed by atoms with Crippen molar-refractivity contribution in [1.82, 2.24) is 15.0 Å². The lowest BCUT2D eigenvalue weighted by atomic mass is 10.0. The van der Waals surface area contributed by atoms with Crippen LogP contribution < -0.4 is 4.90 Å². The lowest BCUT2D eigenvalue weighted by Crippen LogP contribution is -2.38. The number of thiophene rings is 1. The maximum atomic E-state index is 10.2. The first-order chi connectivity index (χ1) is 13.8. The van der Waals surface area contributed by atoms with Crippen LogP contribution in [0.5, 0.6) is 0 Å². The van der Waals surface area contributed by atoms with Crippen molar-refractivity contribution in [2.75, 3.05) is 18.0 Å². The Hall–Kier alpha value is -2.83. The molecule has 5 rings (SSSR count). The normalized spacial score (nSPS) is 17.2. The van der Waals surface area contributed by atoms with E-state index in [-0.39, 0.29) is 6.10 Å². The van der Waals surface area contributed by atoms with E-state index in [9.17, 15) is 5.11 Å². The summed E-state index contributed by atoms with van der Waals surface area (Å²) in [6, 6.07) is 16.1. The van der Waals surface area contributed by atoms with E-state index in [0.29, 0.717) is 12.4 Å². The highest BCUT2D eigenvalue weighted by molar-refractivity contribution is 7.17. The van der Waals surface area contributed by atoms with Crippen LogP contribution in [-0.2, 0) is 0 Å². The third kappa shape index (κ3) is 3.15. The van der Waals surface area contributed by atoms with Crippen LogP contribution in [-0.4, -0.2) is 39.3 Å². The Morgan fingerprint density at radius 2 is 1.89 bits per heavy atom. The average Bonchev–Trinajstić information content (AvgIpc) is 3.18. The fraction of sp³-hybridized carbons (Fsp3) is 0.227. The largest absolute Gasteiger partial charge is 0.391 e. The highest BCUT2D eigenvalue weighted by Gasteiger charge is 2.24. The maximum absolute atomic E-state index is 10.2. The summed E-state index contributed by atoms with van der Waals surface area (Å²) in [6.07, 6.45) is 3.23. The first kappa shape index (κ1) is 17.3. The van der Waals surface area contributed by atoms with Gasteiger partial charge in [0.1, 0.15) is 16.3 Å². The molecule has 3 aromatic heterocycles. The first-order valence-corrected chi connectivity index (χ1v) is 10.4. The molecule has 28 heavy (non-hydrogen) atoms. The second-order valence-electron chi connectivity index (χ2n) is 7.02. The second kappa shape index (κ2) is 7.30. The summed E-state index contributed by atoms with van der Waals surface area (Å²) in [5, 5.41) is 13.5. The Kier molecular flexibility index (Phi) is 4.50. The average molecular weight is 388 g/mol. The molecule has 0 spiro atoms. The molecule has 0 amide bonds. The van der Waals surface area contributed by atoms with Crippen molar-refractivity contribution in [1.29, 1.82) is 0 Å². The molecule has 1 N–H and O–H groups in total. The summed E-state index contributed by atoms with van der Waals surface area (Å²) in [5.74, 6) is 1.52. The van der Waals surface area contributed by atoms with Crippen LogP contribution in [0.15, 0.2) is 60.1 Å². The van der Waals surface area contributed by atoms with Crippen molar-refractivity contribution < 1.29 is 5.11 Å². The topological polar surface area (TPSA) is 62.1 Å². The molecule has 0 aliphatic carbocycles. The number of fused-ring (bicyclic) bond motifs is 1. The van der Waals surface area contributed by atoms with E-state index in [0.717, 1.165) is 52.2 Å². The van der Waals surface area contributed by atoms with Gasteiger partial charge in [0.25, 0.3) is 0 Å². The molecule has 0 saturated carbocycles. The van der Waals surface area contributed by atoms with E-state index in [2.05, 4.69) is 27.4 Å². The Labute approximate surface area is 167 Å². The number of aliphatic hydroxyl groups excluding tert-OH is 1. The van der Waals surface area contributed by atoms with Crippen molar-refractivity contribution in [2.45, 2.75) is 18.9 Å². The van der Waals surface area contributed by atoms with Crippen LogP contribution in [0.4, 0.5) is 5.82 Å². The molecule has 5 nitrogen and oxygen atoms in total. The highest BCUT2D eigenvalue weighted by Crippen LogP contribution is 2.39. The molecule has 1 aromatic carbocycles. The SMILES string of the molecule is OC1CCCN(c2nc(-c3ccccn3)nc3scc(-c4ccccc4)c23)C1. The summed E-state index contributed by atoms with van der Waals surface area (Å²) in [7, 11) is 0. The molecule has 6 heteroatoms. The minimum Gasteiger partial charge on any atom is -0.391 e. The number of rotatable bonds is 3. The number of β-amino-alcohol motifs (C(OH)–C–C–N with tert-alkyl or cyclic N) is 1. The monoisotopic (exact) mass is 388 g/mol. The molecule has 0 bridgehead atoms. The van der Waals surface area contributed by atoms with Gasteiger partial charge in [-0.3, -0.25) is 4.98 Å². The lowest BCUT2D eigenvalue weighted by Gasteiger charge is -2.31. The summed E-state index contributed by atoms with van der Waals surface area (Å²) >= 11 is 1.63. The Morgan fingerprint density at radius 1 is 1.04 bits per heavy atom. The van der Waals surface area contributed by atoms with E-state index in [1.54, 1.807) is 17.5 Å². The van der Waals surface area contributed by atoms with Gasteiger partial charge in [0, 0.05) is 30.2 Å². The Balaban J connectivity index is 1.73. The highest BCUT2D eigenvalue weighted by atomic mass is 32.1. The van der Waals surface area contributed by atoms with Gasteiger partial charge in [-0.05, 0) is 30.5 Å². The van der Waals surface area contributed by atoms with Gasteiger partial charge >= 0.3 is 0 Å². The van der Waals surface area contributed by atoms with Gasteiger partial charge in [0.05, 0.1) is 11.5 Å². The number of nitrogens with zero attached hydrogens (tertiary/aromatic N) is 4. The molecular formula is C22H20N4OS. The lowest BCUT2D eigenvalue weighted by molar-refractivity contribution is 0.154. The van der Waals surface area contributed by atoms with Gasteiger partial charge in [-0.15, -0.1) is 11.3 Å². The zero-order valence-corrected chi connectivity index (χ0v) is 16.1. The van der Waals surface area contributed by atoms with E-state index in [1.807, 2.05) is 36.4 Å². The molecule has 0 radical (unpaired) electrons. The van der Waals surface area contributed by atoms with Gasteiger partial charge in [0.2, 0.25) is 0 Å². The van der Waals surface area contributed by atoms with E-state index < -0.39 is 0 Å².